The highest BCUT2D eigenvalue weighted by molar-refractivity contribution is 9.10. The number of nitrogens with zero attached hydrogens (tertiary/aromatic N) is 4. The number of rotatable bonds is 5. The number of aromatic amines is 1. The Morgan fingerprint density at radius 1 is 0.980 bits per heavy atom. The number of H-pyrrole nitrogens is 1. The van der Waals surface area contributed by atoms with Gasteiger partial charge < -0.3 is 14.8 Å². The van der Waals surface area contributed by atoms with E-state index in [1.54, 1.807) is 11.0 Å². The Morgan fingerprint density at radius 2 is 1.76 bits per heavy atom. The zero-order valence-electron chi connectivity index (χ0n) is 28.3. The summed E-state index contributed by atoms with van der Waals surface area (Å²) in [7, 11) is 0. The molecule has 3 aliphatic heterocycles. The summed E-state index contributed by atoms with van der Waals surface area (Å²) in [6, 6.07) is 15.3. The molecule has 4 heterocycles. The van der Waals surface area contributed by atoms with E-state index in [1.807, 2.05) is 18.2 Å². The molecule has 4 aliphatic rings. The molecule has 11 heteroatoms. The number of hydrogen-bond donors (Lipinski definition) is 2. The number of fused-ring (bicyclic) bond motifs is 5. The molecule has 4 aromatic rings. The fourth-order valence-electron chi connectivity index (χ4n) is 8.31. The standard InChI is InChI=1S/C39H37BrN6O4/c1-4-22-15-27-28(39(2,3)36-34(35(27)48)25-6-5-21(18-41)13-30(25)42-36)17-32(22)45-11-9-44(10-12-45)19-24-14-23-20-46(38(50)26(23)16-29(24)40)31-7-8-33(47)43-37(31)49/h5-6,13-17,31,42H,4,7-12,19-20H2,1-3H3,(H,43,47,49). The maximum Gasteiger partial charge on any atom is 0.255 e. The van der Waals surface area contributed by atoms with Gasteiger partial charge in [0.25, 0.3) is 5.91 Å². The van der Waals surface area contributed by atoms with Gasteiger partial charge in [0.2, 0.25) is 11.8 Å². The van der Waals surface area contributed by atoms with Crippen LogP contribution in [-0.2, 0) is 34.5 Å². The van der Waals surface area contributed by atoms with Gasteiger partial charge in [-0.15, -0.1) is 0 Å². The number of anilines is 1. The molecule has 1 atom stereocenters. The van der Waals surface area contributed by atoms with Crippen LogP contribution < -0.4 is 10.2 Å². The van der Waals surface area contributed by atoms with E-state index in [0.717, 1.165) is 88.0 Å². The Balaban J connectivity index is 1.00. The van der Waals surface area contributed by atoms with Crippen LogP contribution in [-0.4, -0.2) is 70.5 Å². The van der Waals surface area contributed by atoms with Crippen LogP contribution in [0, 0.1) is 11.3 Å². The first-order valence-corrected chi connectivity index (χ1v) is 18.0. The number of ketones is 1. The number of amides is 3. The van der Waals surface area contributed by atoms with Gasteiger partial charge in [0.05, 0.1) is 17.2 Å². The van der Waals surface area contributed by atoms with Crippen LogP contribution in [0.5, 0.6) is 0 Å². The number of benzene rings is 3. The number of carbonyl (C=O) groups excluding carboxylic acids is 4. The number of aryl methyl sites for hydroxylation is 1. The third-order valence-electron chi connectivity index (χ3n) is 11.1. The number of nitrogens with one attached hydrogen (secondary N) is 2. The van der Waals surface area contributed by atoms with Gasteiger partial charge in [0.15, 0.2) is 5.78 Å². The van der Waals surface area contributed by atoms with Gasteiger partial charge in [-0.2, -0.15) is 5.26 Å². The summed E-state index contributed by atoms with van der Waals surface area (Å²) in [5.74, 6) is -0.848. The topological polar surface area (TPSA) is 130 Å². The second-order valence-electron chi connectivity index (χ2n) is 14.3. The van der Waals surface area contributed by atoms with Crippen molar-refractivity contribution in [2.45, 2.75) is 64.6 Å². The molecule has 254 valence electrons. The van der Waals surface area contributed by atoms with Crippen LogP contribution in [0.4, 0.5) is 5.69 Å². The molecule has 10 nitrogen and oxygen atoms in total. The summed E-state index contributed by atoms with van der Waals surface area (Å²) < 4.78 is 0.868. The first-order chi connectivity index (χ1) is 24.0. The van der Waals surface area contributed by atoms with E-state index in [0.29, 0.717) is 29.7 Å². The number of piperidine rings is 1. The second-order valence-corrected chi connectivity index (χ2v) is 15.2. The molecule has 1 aromatic heterocycles. The van der Waals surface area contributed by atoms with Crippen molar-refractivity contribution in [2.75, 3.05) is 31.1 Å². The van der Waals surface area contributed by atoms with Gasteiger partial charge >= 0.3 is 0 Å². The van der Waals surface area contributed by atoms with Crippen LogP contribution in [0.1, 0.15) is 93.4 Å². The molecule has 0 radical (unpaired) electrons. The van der Waals surface area contributed by atoms with Gasteiger partial charge in [-0.25, -0.2) is 0 Å². The Labute approximate surface area is 298 Å². The van der Waals surface area contributed by atoms with Crippen LogP contribution in [0.3, 0.4) is 0 Å². The van der Waals surface area contributed by atoms with E-state index >= 15 is 0 Å². The molecule has 2 fully saturated rings. The molecule has 2 saturated heterocycles. The second kappa shape index (κ2) is 11.9. The number of halogens is 1. The first kappa shape index (κ1) is 32.4. The van der Waals surface area contributed by atoms with Crippen LogP contribution in [0.25, 0.3) is 10.9 Å². The van der Waals surface area contributed by atoms with Crippen LogP contribution >= 0.6 is 15.9 Å². The lowest BCUT2D eigenvalue weighted by Crippen LogP contribution is -2.52. The number of carbonyl (C=O) groups is 4. The van der Waals surface area contributed by atoms with Gasteiger partial charge in [-0.1, -0.05) is 48.8 Å². The molecular weight excluding hydrogens is 696 g/mol. The van der Waals surface area contributed by atoms with E-state index in [2.05, 4.69) is 81.1 Å². The average molecular weight is 734 g/mol. The van der Waals surface area contributed by atoms with Gasteiger partial charge in [0, 0.05) is 89.0 Å². The molecule has 1 unspecified atom stereocenters. The van der Waals surface area contributed by atoms with Crippen molar-refractivity contribution in [1.29, 1.82) is 5.26 Å². The molecule has 3 aromatic carbocycles. The lowest BCUT2D eigenvalue weighted by molar-refractivity contribution is -0.136. The monoisotopic (exact) mass is 732 g/mol. The average Bonchev–Trinajstić information content (AvgIpc) is 3.65. The maximum absolute atomic E-state index is 14.1. The Morgan fingerprint density at radius 3 is 2.48 bits per heavy atom. The molecule has 50 heavy (non-hydrogen) atoms. The Bertz CT molecular complexity index is 2210. The highest BCUT2D eigenvalue weighted by Crippen LogP contribution is 2.46. The molecule has 2 N–H and O–H groups in total. The first-order valence-electron chi connectivity index (χ1n) is 17.2. The minimum absolute atomic E-state index is 0.0261. The van der Waals surface area contributed by atoms with Gasteiger partial charge in [0.1, 0.15) is 6.04 Å². The smallest absolute Gasteiger partial charge is 0.255 e. The van der Waals surface area contributed by atoms with Crippen molar-refractivity contribution in [2.24, 2.45) is 0 Å². The summed E-state index contributed by atoms with van der Waals surface area (Å²) in [6.45, 7) is 10.9. The van der Waals surface area contributed by atoms with E-state index in [4.69, 9.17) is 0 Å². The third-order valence-corrected chi connectivity index (χ3v) is 11.8. The highest BCUT2D eigenvalue weighted by Gasteiger charge is 2.42. The fraction of sp³-hybridized carbons (Fsp3) is 0.359. The summed E-state index contributed by atoms with van der Waals surface area (Å²) in [6.07, 6.45) is 1.38. The van der Waals surface area contributed by atoms with E-state index in [9.17, 15) is 24.4 Å². The molecular formula is C39H37BrN6O4. The van der Waals surface area contributed by atoms with Gasteiger partial charge in [-0.3, -0.25) is 29.4 Å². The van der Waals surface area contributed by atoms with Crippen molar-refractivity contribution in [1.82, 2.24) is 20.1 Å². The van der Waals surface area contributed by atoms with Crippen molar-refractivity contribution < 1.29 is 19.2 Å². The van der Waals surface area contributed by atoms with E-state index in [-0.39, 0.29) is 24.0 Å². The number of hydrogen-bond acceptors (Lipinski definition) is 7. The zero-order valence-corrected chi connectivity index (χ0v) is 29.9. The SMILES string of the molecule is CCc1cc2c(cc1N1CCN(Cc3cc4c(cc3Br)C(=O)N(C3CCC(=O)NC3=O)C4)CC1)C(C)(C)c1[nH]c3cc(C#N)ccc3c1C2=O. The molecule has 0 spiro atoms. The molecule has 3 amide bonds. The molecule has 0 saturated carbocycles. The Kier molecular flexibility index (Phi) is 7.73. The van der Waals surface area contributed by atoms with Crippen molar-refractivity contribution in [3.63, 3.8) is 0 Å². The van der Waals surface area contributed by atoms with E-state index < -0.39 is 17.4 Å². The normalized spacial score (nSPS) is 20.1. The zero-order chi connectivity index (χ0) is 35.1. The summed E-state index contributed by atoms with van der Waals surface area (Å²) in [4.78, 5) is 61.4. The summed E-state index contributed by atoms with van der Waals surface area (Å²) in [5, 5.41) is 12.7. The van der Waals surface area contributed by atoms with Crippen LogP contribution in [0.15, 0.2) is 46.9 Å². The van der Waals surface area contributed by atoms with Crippen molar-refractivity contribution in [3.8, 4) is 6.07 Å². The van der Waals surface area contributed by atoms with Crippen molar-refractivity contribution in [3.05, 3.63) is 97.1 Å². The lowest BCUT2D eigenvalue weighted by Gasteiger charge is -2.39. The molecule has 8 rings (SSSR count). The number of nitriles is 1. The minimum Gasteiger partial charge on any atom is -0.369 e. The van der Waals surface area contributed by atoms with E-state index in [1.165, 1.54) is 5.69 Å². The summed E-state index contributed by atoms with van der Waals surface area (Å²) in [5.41, 5.74) is 9.21. The quantitative estimate of drug-likeness (QED) is 0.266. The Hall–Kier alpha value is -4.79. The molecule has 1 aliphatic carbocycles. The fourth-order valence-corrected chi connectivity index (χ4v) is 8.77. The molecule has 0 bridgehead atoms. The predicted octanol–water partition coefficient (Wildman–Crippen LogP) is 5.32. The number of imide groups is 1. The lowest BCUT2D eigenvalue weighted by atomic mass is 9.70. The van der Waals surface area contributed by atoms with Crippen molar-refractivity contribution >= 4 is 56.0 Å². The highest BCUT2D eigenvalue weighted by atomic mass is 79.9. The summed E-state index contributed by atoms with van der Waals surface area (Å²) >= 11 is 3.71. The van der Waals surface area contributed by atoms with Crippen LogP contribution in [0.2, 0.25) is 0 Å². The number of aromatic nitrogens is 1. The minimum atomic E-state index is -0.634. The predicted molar refractivity (Wildman–Crippen MR) is 192 cm³/mol. The van der Waals surface area contributed by atoms with Gasteiger partial charge in [-0.05, 0) is 65.4 Å². The largest absolute Gasteiger partial charge is 0.369 e. The maximum atomic E-state index is 14.1. The number of piperazine rings is 1. The third kappa shape index (κ3) is 5.07.